The molecule has 1 aliphatic heterocycles. The van der Waals surface area contributed by atoms with Crippen LogP contribution in [-0.2, 0) is 11.3 Å². The number of carbonyl (C=O) groups is 2. The Morgan fingerprint density at radius 2 is 1.71 bits per heavy atom. The average Bonchev–Trinajstić information content (AvgIpc) is 2.53. The number of halogens is 1. The van der Waals surface area contributed by atoms with Gasteiger partial charge in [0.15, 0.2) is 0 Å². The van der Waals surface area contributed by atoms with E-state index in [0.29, 0.717) is 32.7 Å². The van der Waals surface area contributed by atoms with E-state index in [1.165, 1.54) is 7.11 Å². The van der Waals surface area contributed by atoms with Crippen molar-refractivity contribution in [3.05, 3.63) is 34.3 Å². The van der Waals surface area contributed by atoms with Crippen molar-refractivity contribution in [1.29, 1.82) is 0 Å². The fourth-order valence-corrected chi connectivity index (χ4v) is 2.38. The molecule has 2 rings (SSSR count). The quantitative estimate of drug-likeness (QED) is 0.882. The molecular formula is C14H18BrN3O3. The van der Waals surface area contributed by atoms with Gasteiger partial charge in [-0.2, -0.15) is 0 Å². The molecule has 0 radical (unpaired) electrons. The van der Waals surface area contributed by atoms with Gasteiger partial charge in [0.2, 0.25) is 0 Å². The molecule has 7 heteroatoms. The van der Waals surface area contributed by atoms with Gasteiger partial charge in [0.05, 0.1) is 7.11 Å². The molecule has 6 nitrogen and oxygen atoms in total. The van der Waals surface area contributed by atoms with Gasteiger partial charge in [0.25, 0.3) is 0 Å². The van der Waals surface area contributed by atoms with Crippen LogP contribution in [0.3, 0.4) is 0 Å². The Kier molecular flexibility index (Phi) is 5.44. The summed E-state index contributed by atoms with van der Waals surface area (Å²) in [5, 5.41) is 2.88. The molecule has 1 heterocycles. The Morgan fingerprint density at radius 1 is 1.14 bits per heavy atom. The SMILES string of the molecule is COC(=O)N1CCN(C(=O)NCc2ccc(Br)cc2)CC1. The Bertz CT molecular complexity index is 499. The van der Waals surface area contributed by atoms with Gasteiger partial charge >= 0.3 is 12.1 Å². The predicted octanol–water partition coefficient (Wildman–Crippen LogP) is 2.04. The number of benzene rings is 1. The number of nitrogens with one attached hydrogen (secondary N) is 1. The van der Waals surface area contributed by atoms with Gasteiger partial charge in [-0.05, 0) is 17.7 Å². The molecule has 1 aromatic carbocycles. The molecule has 1 aromatic rings. The smallest absolute Gasteiger partial charge is 0.409 e. The molecule has 1 N–H and O–H groups in total. The number of hydrogen-bond donors (Lipinski definition) is 1. The van der Waals surface area contributed by atoms with Gasteiger partial charge in [-0.3, -0.25) is 0 Å². The molecule has 0 aliphatic carbocycles. The van der Waals surface area contributed by atoms with Crippen LogP contribution in [0.4, 0.5) is 9.59 Å². The summed E-state index contributed by atoms with van der Waals surface area (Å²) >= 11 is 3.37. The minimum absolute atomic E-state index is 0.109. The van der Waals surface area contributed by atoms with E-state index in [2.05, 4.69) is 26.0 Å². The number of amides is 3. The first-order valence-electron chi connectivity index (χ1n) is 6.70. The molecule has 21 heavy (non-hydrogen) atoms. The predicted molar refractivity (Wildman–Crippen MR) is 81.9 cm³/mol. The normalized spacial score (nSPS) is 14.8. The third-order valence-electron chi connectivity index (χ3n) is 3.36. The standard InChI is InChI=1S/C14H18BrN3O3/c1-21-14(20)18-8-6-17(7-9-18)13(19)16-10-11-2-4-12(15)5-3-11/h2-5H,6-10H2,1H3,(H,16,19). The van der Waals surface area contributed by atoms with Crippen LogP contribution in [0.1, 0.15) is 5.56 Å². The van der Waals surface area contributed by atoms with Crippen LogP contribution < -0.4 is 5.32 Å². The number of nitrogens with zero attached hydrogens (tertiary/aromatic N) is 2. The van der Waals surface area contributed by atoms with Crippen molar-refractivity contribution >= 4 is 28.1 Å². The molecule has 0 saturated carbocycles. The molecule has 0 bridgehead atoms. The van der Waals surface area contributed by atoms with Crippen molar-refractivity contribution in [3.63, 3.8) is 0 Å². The lowest BCUT2D eigenvalue weighted by atomic mass is 10.2. The highest BCUT2D eigenvalue weighted by Crippen LogP contribution is 2.10. The zero-order chi connectivity index (χ0) is 15.2. The molecule has 1 fully saturated rings. The average molecular weight is 356 g/mol. The van der Waals surface area contributed by atoms with Gasteiger partial charge in [-0.25, -0.2) is 9.59 Å². The number of piperazine rings is 1. The van der Waals surface area contributed by atoms with E-state index in [9.17, 15) is 9.59 Å². The number of carbonyl (C=O) groups excluding carboxylic acids is 2. The second kappa shape index (κ2) is 7.31. The van der Waals surface area contributed by atoms with E-state index >= 15 is 0 Å². The Morgan fingerprint density at radius 3 is 2.29 bits per heavy atom. The van der Waals surface area contributed by atoms with E-state index in [1.54, 1.807) is 9.80 Å². The van der Waals surface area contributed by atoms with Crippen molar-refractivity contribution < 1.29 is 14.3 Å². The van der Waals surface area contributed by atoms with Crippen molar-refractivity contribution in [1.82, 2.24) is 15.1 Å². The number of rotatable bonds is 2. The second-order valence-corrected chi connectivity index (χ2v) is 5.64. The molecule has 0 aromatic heterocycles. The van der Waals surface area contributed by atoms with Gasteiger partial charge in [0.1, 0.15) is 0 Å². The summed E-state index contributed by atoms with van der Waals surface area (Å²) in [6.07, 6.45) is -0.343. The lowest BCUT2D eigenvalue weighted by Crippen LogP contribution is -2.53. The van der Waals surface area contributed by atoms with Gasteiger partial charge in [-0.15, -0.1) is 0 Å². The van der Waals surface area contributed by atoms with Crippen LogP contribution in [0.5, 0.6) is 0 Å². The Labute approximate surface area is 132 Å². The van der Waals surface area contributed by atoms with Crippen molar-refractivity contribution in [2.45, 2.75) is 6.54 Å². The molecule has 1 aliphatic rings. The fourth-order valence-electron chi connectivity index (χ4n) is 2.11. The first-order valence-corrected chi connectivity index (χ1v) is 7.49. The van der Waals surface area contributed by atoms with Crippen LogP contribution in [0.15, 0.2) is 28.7 Å². The molecule has 0 spiro atoms. The number of ether oxygens (including phenoxy) is 1. The molecular weight excluding hydrogens is 338 g/mol. The summed E-state index contributed by atoms with van der Waals surface area (Å²) in [4.78, 5) is 26.7. The number of hydrogen-bond acceptors (Lipinski definition) is 3. The highest BCUT2D eigenvalue weighted by Gasteiger charge is 2.24. The molecule has 0 atom stereocenters. The maximum Gasteiger partial charge on any atom is 0.409 e. The van der Waals surface area contributed by atoms with E-state index < -0.39 is 0 Å². The summed E-state index contributed by atoms with van der Waals surface area (Å²) in [5.41, 5.74) is 1.04. The minimum atomic E-state index is -0.343. The van der Waals surface area contributed by atoms with Gasteiger partial charge in [-0.1, -0.05) is 28.1 Å². The summed E-state index contributed by atoms with van der Waals surface area (Å²) in [6.45, 7) is 2.52. The monoisotopic (exact) mass is 355 g/mol. The Hall–Kier alpha value is -1.76. The largest absolute Gasteiger partial charge is 0.453 e. The molecule has 1 saturated heterocycles. The Balaban J connectivity index is 1.77. The van der Waals surface area contributed by atoms with Crippen LogP contribution in [0.2, 0.25) is 0 Å². The minimum Gasteiger partial charge on any atom is -0.453 e. The number of methoxy groups -OCH3 is 1. The topological polar surface area (TPSA) is 61.9 Å². The third-order valence-corrected chi connectivity index (χ3v) is 3.89. The van der Waals surface area contributed by atoms with Crippen LogP contribution in [0, 0.1) is 0 Å². The second-order valence-electron chi connectivity index (χ2n) is 4.73. The zero-order valence-electron chi connectivity index (χ0n) is 11.8. The van der Waals surface area contributed by atoms with Crippen LogP contribution >= 0.6 is 15.9 Å². The molecule has 114 valence electrons. The number of urea groups is 1. The van der Waals surface area contributed by atoms with E-state index in [-0.39, 0.29) is 12.1 Å². The molecule has 0 unspecified atom stereocenters. The highest BCUT2D eigenvalue weighted by molar-refractivity contribution is 9.10. The maximum absolute atomic E-state index is 12.1. The summed E-state index contributed by atoms with van der Waals surface area (Å²) in [5.74, 6) is 0. The fraction of sp³-hybridized carbons (Fsp3) is 0.429. The van der Waals surface area contributed by atoms with Gasteiger partial charge < -0.3 is 19.9 Å². The van der Waals surface area contributed by atoms with Crippen molar-refractivity contribution in [3.8, 4) is 0 Å². The van der Waals surface area contributed by atoms with Gasteiger partial charge in [0, 0.05) is 37.2 Å². The zero-order valence-corrected chi connectivity index (χ0v) is 13.4. The maximum atomic E-state index is 12.1. The van der Waals surface area contributed by atoms with Crippen LogP contribution in [-0.4, -0.2) is 55.2 Å². The summed E-state index contributed by atoms with van der Waals surface area (Å²) in [7, 11) is 1.36. The first kappa shape index (κ1) is 15.6. The first-order chi connectivity index (χ1) is 10.1. The summed E-state index contributed by atoms with van der Waals surface area (Å²) < 4.78 is 5.68. The third kappa shape index (κ3) is 4.35. The lowest BCUT2D eigenvalue weighted by molar-refractivity contribution is 0.0970. The van der Waals surface area contributed by atoms with Crippen molar-refractivity contribution in [2.75, 3.05) is 33.3 Å². The van der Waals surface area contributed by atoms with E-state index in [0.717, 1.165) is 10.0 Å². The lowest BCUT2D eigenvalue weighted by Gasteiger charge is -2.33. The van der Waals surface area contributed by atoms with Crippen molar-refractivity contribution in [2.24, 2.45) is 0 Å². The van der Waals surface area contributed by atoms with E-state index in [1.807, 2.05) is 24.3 Å². The summed E-state index contributed by atoms with van der Waals surface area (Å²) in [6, 6.07) is 7.69. The highest BCUT2D eigenvalue weighted by atomic mass is 79.9. The molecule has 3 amide bonds. The van der Waals surface area contributed by atoms with Crippen LogP contribution in [0.25, 0.3) is 0 Å². The van der Waals surface area contributed by atoms with E-state index in [4.69, 9.17) is 0 Å².